The van der Waals surface area contributed by atoms with Crippen LogP contribution in [0.2, 0.25) is 0 Å². The summed E-state index contributed by atoms with van der Waals surface area (Å²) in [5.74, 6) is 0.402. The van der Waals surface area contributed by atoms with Gasteiger partial charge in [0.2, 0.25) is 0 Å². The highest BCUT2D eigenvalue weighted by Crippen LogP contribution is 2.35. The van der Waals surface area contributed by atoms with E-state index in [1.807, 2.05) is 18.2 Å². The van der Waals surface area contributed by atoms with Crippen LogP contribution in [0.3, 0.4) is 0 Å². The van der Waals surface area contributed by atoms with Gasteiger partial charge in [0, 0.05) is 11.1 Å². The first-order valence-corrected chi connectivity index (χ1v) is 4.76. The Balaban J connectivity index is 2.39. The molecule has 0 spiro atoms. The van der Waals surface area contributed by atoms with Crippen molar-refractivity contribution >= 4 is 0 Å². The summed E-state index contributed by atoms with van der Waals surface area (Å²) in [6, 6.07) is 7.58. The molecule has 1 aliphatic heterocycles. The van der Waals surface area contributed by atoms with Crippen LogP contribution < -0.4 is 5.32 Å². The molecule has 0 aliphatic carbocycles. The predicted molar refractivity (Wildman–Crippen MR) is 52.7 cm³/mol. The van der Waals surface area contributed by atoms with Gasteiger partial charge in [0.15, 0.2) is 0 Å². The van der Waals surface area contributed by atoms with E-state index in [0.29, 0.717) is 5.75 Å². The predicted octanol–water partition coefficient (Wildman–Crippen LogP) is 1.99. The zero-order valence-corrected chi connectivity index (χ0v) is 7.88. The highest BCUT2D eigenvalue weighted by Gasteiger charge is 2.31. The molecule has 2 nitrogen and oxygen atoms in total. The Kier molecular flexibility index (Phi) is 2.00. The van der Waals surface area contributed by atoms with Crippen LogP contribution in [0, 0.1) is 0 Å². The molecule has 1 heterocycles. The van der Waals surface area contributed by atoms with E-state index in [1.165, 1.54) is 6.42 Å². The zero-order valence-electron chi connectivity index (χ0n) is 7.88. The molecule has 2 heteroatoms. The van der Waals surface area contributed by atoms with Gasteiger partial charge in [-0.25, -0.2) is 0 Å². The normalized spacial score (nSPS) is 27.8. The van der Waals surface area contributed by atoms with Gasteiger partial charge in [-0.05, 0) is 32.4 Å². The Labute approximate surface area is 78.6 Å². The van der Waals surface area contributed by atoms with E-state index in [2.05, 4.69) is 12.2 Å². The number of phenols is 1. The molecule has 1 fully saturated rings. The van der Waals surface area contributed by atoms with Gasteiger partial charge in [-0.15, -0.1) is 0 Å². The highest BCUT2D eigenvalue weighted by atomic mass is 16.3. The van der Waals surface area contributed by atoms with Crippen LogP contribution in [-0.2, 0) is 5.54 Å². The average molecular weight is 177 g/mol. The van der Waals surface area contributed by atoms with Crippen molar-refractivity contribution in [1.82, 2.24) is 5.32 Å². The maximum atomic E-state index is 9.70. The fourth-order valence-electron chi connectivity index (χ4n) is 2.06. The minimum atomic E-state index is -0.0225. The summed E-state index contributed by atoms with van der Waals surface area (Å²) in [5.41, 5.74) is 0.998. The number of hydrogen-bond donors (Lipinski definition) is 2. The molecule has 2 rings (SSSR count). The van der Waals surface area contributed by atoms with Crippen LogP contribution >= 0.6 is 0 Å². The Morgan fingerprint density at radius 2 is 2.15 bits per heavy atom. The molecule has 0 aromatic heterocycles. The molecule has 1 atom stereocenters. The number of rotatable bonds is 1. The summed E-state index contributed by atoms with van der Waals surface area (Å²) in [6.45, 7) is 3.19. The van der Waals surface area contributed by atoms with E-state index < -0.39 is 0 Å². The monoisotopic (exact) mass is 177 g/mol. The van der Waals surface area contributed by atoms with Gasteiger partial charge in [-0.3, -0.25) is 0 Å². The summed E-state index contributed by atoms with van der Waals surface area (Å²) in [7, 11) is 0. The smallest absolute Gasteiger partial charge is 0.120 e. The molecular weight excluding hydrogens is 162 g/mol. The minimum Gasteiger partial charge on any atom is -0.508 e. The average Bonchev–Trinajstić information content (AvgIpc) is 2.54. The van der Waals surface area contributed by atoms with Crippen LogP contribution in [0.15, 0.2) is 24.3 Å². The molecule has 1 unspecified atom stereocenters. The van der Waals surface area contributed by atoms with Crippen LogP contribution in [0.1, 0.15) is 25.3 Å². The molecule has 2 N–H and O–H groups in total. The molecule has 0 radical (unpaired) electrons. The quantitative estimate of drug-likeness (QED) is 0.687. The van der Waals surface area contributed by atoms with Crippen molar-refractivity contribution in [3.63, 3.8) is 0 Å². The van der Waals surface area contributed by atoms with Crippen molar-refractivity contribution in [3.05, 3.63) is 29.8 Å². The molecule has 0 saturated carbocycles. The van der Waals surface area contributed by atoms with E-state index in [1.54, 1.807) is 6.07 Å². The number of benzene rings is 1. The number of aromatic hydroxyl groups is 1. The van der Waals surface area contributed by atoms with Crippen LogP contribution in [0.25, 0.3) is 0 Å². The van der Waals surface area contributed by atoms with Crippen molar-refractivity contribution in [2.45, 2.75) is 25.3 Å². The lowest BCUT2D eigenvalue weighted by Gasteiger charge is -2.25. The van der Waals surface area contributed by atoms with Gasteiger partial charge in [-0.1, -0.05) is 18.2 Å². The van der Waals surface area contributed by atoms with Crippen LogP contribution in [0.4, 0.5) is 0 Å². The van der Waals surface area contributed by atoms with Crippen molar-refractivity contribution < 1.29 is 5.11 Å². The first-order chi connectivity index (χ1) is 6.22. The van der Waals surface area contributed by atoms with E-state index in [-0.39, 0.29) is 5.54 Å². The van der Waals surface area contributed by atoms with Crippen LogP contribution in [-0.4, -0.2) is 11.7 Å². The van der Waals surface area contributed by atoms with Gasteiger partial charge in [-0.2, -0.15) is 0 Å². The van der Waals surface area contributed by atoms with Gasteiger partial charge in [0.25, 0.3) is 0 Å². The van der Waals surface area contributed by atoms with Crippen molar-refractivity contribution in [2.75, 3.05) is 6.54 Å². The van der Waals surface area contributed by atoms with E-state index in [9.17, 15) is 5.11 Å². The summed E-state index contributed by atoms with van der Waals surface area (Å²) >= 11 is 0. The number of phenolic OH excluding ortho intramolecular Hbond substituents is 1. The summed E-state index contributed by atoms with van der Waals surface area (Å²) in [6.07, 6.45) is 2.29. The summed E-state index contributed by atoms with van der Waals surface area (Å²) in [5, 5.41) is 13.1. The lowest BCUT2D eigenvalue weighted by molar-refractivity contribution is 0.394. The van der Waals surface area contributed by atoms with Crippen LogP contribution in [0.5, 0.6) is 5.75 Å². The first kappa shape index (κ1) is 8.57. The molecule has 1 aromatic carbocycles. The van der Waals surface area contributed by atoms with Gasteiger partial charge >= 0.3 is 0 Å². The first-order valence-electron chi connectivity index (χ1n) is 4.76. The van der Waals surface area contributed by atoms with E-state index >= 15 is 0 Å². The zero-order chi connectivity index (χ0) is 9.31. The number of para-hydroxylation sites is 1. The fraction of sp³-hybridized carbons (Fsp3) is 0.455. The molecule has 0 bridgehead atoms. The lowest BCUT2D eigenvalue weighted by Crippen LogP contribution is -2.33. The molecular formula is C11H15NO. The maximum absolute atomic E-state index is 9.70. The molecule has 70 valence electrons. The maximum Gasteiger partial charge on any atom is 0.120 e. The van der Waals surface area contributed by atoms with E-state index in [4.69, 9.17) is 0 Å². The Morgan fingerprint density at radius 1 is 1.38 bits per heavy atom. The standard InChI is InChI=1S/C11H15NO/c1-11(7-4-8-12-11)9-5-2-3-6-10(9)13/h2-3,5-6,12-13H,4,7-8H2,1H3. The molecule has 0 amide bonds. The molecule has 1 aromatic rings. The summed E-state index contributed by atoms with van der Waals surface area (Å²) in [4.78, 5) is 0. The molecule has 1 aliphatic rings. The Hall–Kier alpha value is -1.02. The van der Waals surface area contributed by atoms with E-state index in [0.717, 1.165) is 18.5 Å². The Morgan fingerprint density at radius 3 is 2.77 bits per heavy atom. The molecule has 13 heavy (non-hydrogen) atoms. The lowest BCUT2D eigenvalue weighted by atomic mass is 9.90. The molecule has 1 saturated heterocycles. The second kappa shape index (κ2) is 3.04. The second-order valence-electron chi connectivity index (χ2n) is 3.88. The third-order valence-corrected chi connectivity index (χ3v) is 2.87. The van der Waals surface area contributed by atoms with Crippen molar-refractivity contribution in [2.24, 2.45) is 0 Å². The van der Waals surface area contributed by atoms with Crippen molar-refractivity contribution in [1.29, 1.82) is 0 Å². The highest BCUT2D eigenvalue weighted by molar-refractivity contribution is 5.38. The fourth-order valence-corrected chi connectivity index (χ4v) is 2.06. The number of nitrogens with one attached hydrogen (secondary N) is 1. The minimum absolute atomic E-state index is 0.0225. The largest absolute Gasteiger partial charge is 0.508 e. The topological polar surface area (TPSA) is 32.3 Å². The third kappa shape index (κ3) is 1.42. The number of hydrogen-bond acceptors (Lipinski definition) is 2. The van der Waals surface area contributed by atoms with Gasteiger partial charge in [0.05, 0.1) is 0 Å². The van der Waals surface area contributed by atoms with Gasteiger partial charge < -0.3 is 10.4 Å². The SMILES string of the molecule is CC1(c2ccccc2O)CCCN1. The van der Waals surface area contributed by atoms with Gasteiger partial charge in [0.1, 0.15) is 5.75 Å². The second-order valence-corrected chi connectivity index (χ2v) is 3.88. The summed E-state index contributed by atoms with van der Waals surface area (Å²) < 4.78 is 0. The Bertz CT molecular complexity index is 303. The third-order valence-electron chi connectivity index (χ3n) is 2.87. The van der Waals surface area contributed by atoms with Crippen molar-refractivity contribution in [3.8, 4) is 5.75 Å².